The minimum Gasteiger partial charge on any atom is -0.481 e. The lowest BCUT2D eigenvalue weighted by molar-refractivity contribution is 0.395. The van der Waals surface area contributed by atoms with Crippen LogP contribution in [-0.2, 0) is 6.42 Å². The third-order valence-corrected chi connectivity index (χ3v) is 3.28. The van der Waals surface area contributed by atoms with Crippen molar-refractivity contribution in [2.75, 3.05) is 14.2 Å². The lowest BCUT2D eigenvalue weighted by atomic mass is 9.95. The van der Waals surface area contributed by atoms with Gasteiger partial charge < -0.3 is 10.1 Å². The van der Waals surface area contributed by atoms with Crippen LogP contribution < -0.4 is 10.1 Å². The zero-order valence-electron chi connectivity index (χ0n) is 11.4. The smallest absolute Gasteiger partial charge is 0.212 e. The number of rotatable bonds is 7. The molecule has 96 valence electrons. The zero-order valence-corrected chi connectivity index (χ0v) is 11.4. The van der Waals surface area contributed by atoms with E-state index in [4.69, 9.17) is 4.74 Å². The van der Waals surface area contributed by atoms with Gasteiger partial charge in [0.05, 0.1) is 7.11 Å². The number of aromatic nitrogens is 1. The number of methoxy groups -OCH3 is 1. The Bertz CT molecular complexity index is 311. The van der Waals surface area contributed by atoms with Gasteiger partial charge in [-0.1, -0.05) is 26.3 Å². The molecule has 0 spiro atoms. The van der Waals surface area contributed by atoms with Gasteiger partial charge in [0, 0.05) is 18.3 Å². The molecule has 0 amide bonds. The maximum atomic E-state index is 5.06. The largest absolute Gasteiger partial charge is 0.481 e. The minimum atomic E-state index is 0.528. The Morgan fingerprint density at radius 3 is 2.65 bits per heavy atom. The maximum Gasteiger partial charge on any atom is 0.212 e. The average molecular weight is 236 g/mol. The van der Waals surface area contributed by atoms with E-state index in [-0.39, 0.29) is 0 Å². The van der Waals surface area contributed by atoms with Crippen LogP contribution in [0, 0.1) is 5.92 Å². The summed E-state index contributed by atoms with van der Waals surface area (Å²) in [6, 6.07) is 4.54. The Balaban J connectivity index is 2.54. The number of pyridine rings is 1. The molecule has 1 aromatic rings. The summed E-state index contributed by atoms with van der Waals surface area (Å²) in [6.07, 6.45) is 5.37. The maximum absolute atomic E-state index is 5.06. The van der Waals surface area contributed by atoms with Crippen molar-refractivity contribution in [2.45, 2.75) is 39.2 Å². The van der Waals surface area contributed by atoms with Crippen LogP contribution in [0.5, 0.6) is 5.88 Å². The summed E-state index contributed by atoms with van der Waals surface area (Å²) >= 11 is 0. The molecule has 1 rings (SSSR count). The molecule has 0 bridgehead atoms. The minimum absolute atomic E-state index is 0.528. The van der Waals surface area contributed by atoms with Gasteiger partial charge in [-0.15, -0.1) is 0 Å². The molecule has 0 saturated carbocycles. The molecule has 3 nitrogen and oxygen atoms in total. The lowest BCUT2D eigenvalue weighted by Gasteiger charge is -2.19. The highest BCUT2D eigenvalue weighted by atomic mass is 16.5. The van der Waals surface area contributed by atoms with Crippen LogP contribution in [-0.4, -0.2) is 25.2 Å². The van der Waals surface area contributed by atoms with E-state index in [0.717, 1.165) is 12.3 Å². The first-order chi connectivity index (χ1) is 8.19. The van der Waals surface area contributed by atoms with Gasteiger partial charge in [-0.3, -0.25) is 0 Å². The highest BCUT2D eigenvalue weighted by Gasteiger charge is 2.11. The van der Waals surface area contributed by atoms with E-state index in [1.807, 2.05) is 19.3 Å². The van der Waals surface area contributed by atoms with Crippen LogP contribution in [0.1, 0.15) is 32.3 Å². The number of hydrogen-bond donors (Lipinski definition) is 1. The fraction of sp³-hybridized carbons (Fsp3) is 0.643. The van der Waals surface area contributed by atoms with Gasteiger partial charge in [-0.2, -0.15) is 0 Å². The van der Waals surface area contributed by atoms with Crippen molar-refractivity contribution in [3.63, 3.8) is 0 Å². The summed E-state index contributed by atoms with van der Waals surface area (Å²) in [5.41, 5.74) is 1.26. The van der Waals surface area contributed by atoms with Gasteiger partial charge in [-0.25, -0.2) is 4.98 Å². The Hall–Kier alpha value is -1.09. The molecule has 0 aliphatic rings. The van der Waals surface area contributed by atoms with Crippen molar-refractivity contribution in [3.8, 4) is 5.88 Å². The van der Waals surface area contributed by atoms with Crippen molar-refractivity contribution < 1.29 is 4.74 Å². The second-order valence-corrected chi connectivity index (χ2v) is 4.65. The van der Waals surface area contributed by atoms with Gasteiger partial charge >= 0.3 is 0 Å². The Labute approximate surface area is 105 Å². The third-order valence-electron chi connectivity index (χ3n) is 3.28. The molecule has 1 heterocycles. The summed E-state index contributed by atoms with van der Waals surface area (Å²) < 4.78 is 5.06. The molecule has 0 aromatic carbocycles. The summed E-state index contributed by atoms with van der Waals surface area (Å²) in [7, 11) is 3.67. The summed E-state index contributed by atoms with van der Waals surface area (Å²) in [6.45, 7) is 4.54. The third kappa shape index (κ3) is 4.73. The van der Waals surface area contributed by atoms with Gasteiger partial charge in [0.25, 0.3) is 0 Å². The molecule has 2 atom stereocenters. The van der Waals surface area contributed by atoms with Crippen molar-refractivity contribution in [1.29, 1.82) is 0 Å². The van der Waals surface area contributed by atoms with E-state index >= 15 is 0 Å². The molecule has 1 N–H and O–H groups in total. The van der Waals surface area contributed by atoms with Crippen molar-refractivity contribution in [1.82, 2.24) is 10.3 Å². The molecule has 0 saturated heterocycles. The lowest BCUT2D eigenvalue weighted by Crippen LogP contribution is -2.29. The average Bonchev–Trinajstić information content (AvgIpc) is 2.38. The predicted molar refractivity (Wildman–Crippen MR) is 71.4 cm³/mol. The van der Waals surface area contributed by atoms with Crippen molar-refractivity contribution in [3.05, 3.63) is 23.9 Å². The molecule has 1 aromatic heterocycles. The molecular formula is C14H24N2O. The molecule has 0 aliphatic heterocycles. The molecule has 17 heavy (non-hydrogen) atoms. The number of hydrogen-bond acceptors (Lipinski definition) is 3. The normalized spacial score (nSPS) is 14.4. The predicted octanol–water partition coefficient (Wildman–Crippen LogP) is 2.66. The standard InChI is InChI=1S/C14H24N2O/c1-5-11(2)8-13(15-3)9-12-6-7-14(17-4)16-10-12/h6-7,10-11,13,15H,5,8-9H2,1-4H3. The number of ether oxygens (including phenoxy) is 1. The topological polar surface area (TPSA) is 34.1 Å². The fourth-order valence-electron chi connectivity index (χ4n) is 1.89. The number of likely N-dealkylation sites (N-methyl/N-ethyl adjacent to an activating group) is 1. The van der Waals surface area contributed by atoms with Crippen LogP contribution >= 0.6 is 0 Å². The van der Waals surface area contributed by atoms with Crippen LogP contribution in [0.2, 0.25) is 0 Å². The van der Waals surface area contributed by atoms with E-state index in [1.165, 1.54) is 18.4 Å². The van der Waals surface area contributed by atoms with Crippen LogP contribution in [0.15, 0.2) is 18.3 Å². The van der Waals surface area contributed by atoms with E-state index in [0.29, 0.717) is 11.9 Å². The summed E-state index contributed by atoms with van der Waals surface area (Å²) in [4.78, 5) is 4.23. The zero-order chi connectivity index (χ0) is 12.7. The highest BCUT2D eigenvalue weighted by Crippen LogP contribution is 2.14. The molecule has 3 heteroatoms. The van der Waals surface area contributed by atoms with Crippen LogP contribution in [0.4, 0.5) is 0 Å². The number of nitrogens with zero attached hydrogens (tertiary/aromatic N) is 1. The second kappa shape index (κ2) is 7.28. The highest BCUT2D eigenvalue weighted by molar-refractivity contribution is 5.18. The molecular weight excluding hydrogens is 212 g/mol. The first kappa shape index (κ1) is 14.0. The second-order valence-electron chi connectivity index (χ2n) is 4.65. The van der Waals surface area contributed by atoms with Crippen molar-refractivity contribution >= 4 is 0 Å². The van der Waals surface area contributed by atoms with Crippen molar-refractivity contribution in [2.24, 2.45) is 5.92 Å². The van der Waals surface area contributed by atoms with E-state index in [9.17, 15) is 0 Å². The van der Waals surface area contributed by atoms with Gasteiger partial charge in [-0.05, 0) is 31.4 Å². The summed E-state index contributed by atoms with van der Waals surface area (Å²) in [5.74, 6) is 1.44. The number of nitrogens with one attached hydrogen (secondary N) is 1. The van der Waals surface area contributed by atoms with Crippen LogP contribution in [0.3, 0.4) is 0 Å². The first-order valence-electron chi connectivity index (χ1n) is 6.35. The van der Waals surface area contributed by atoms with E-state index in [1.54, 1.807) is 7.11 Å². The molecule has 0 aliphatic carbocycles. The Morgan fingerprint density at radius 1 is 1.41 bits per heavy atom. The SMILES string of the molecule is CCC(C)CC(Cc1ccc(OC)nc1)NC. The Kier molecular flexibility index (Phi) is 5.98. The van der Waals surface area contributed by atoms with Gasteiger partial charge in [0.1, 0.15) is 0 Å². The van der Waals surface area contributed by atoms with Gasteiger partial charge in [0.15, 0.2) is 0 Å². The first-order valence-corrected chi connectivity index (χ1v) is 6.35. The molecule has 0 radical (unpaired) electrons. The molecule has 0 fully saturated rings. The van der Waals surface area contributed by atoms with E-state index < -0.39 is 0 Å². The summed E-state index contributed by atoms with van der Waals surface area (Å²) in [5, 5.41) is 3.39. The Morgan fingerprint density at radius 2 is 2.18 bits per heavy atom. The monoisotopic (exact) mass is 236 g/mol. The fourth-order valence-corrected chi connectivity index (χ4v) is 1.89. The van der Waals surface area contributed by atoms with E-state index in [2.05, 4.69) is 30.2 Å². The quantitative estimate of drug-likeness (QED) is 0.790. The van der Waals surface area contributed by atoms with Gasteiger partial charge in [0.2, 0.25) is 5.88 Å². The molecule has 2 unspecified atom stereocenters. The van der Waals surface area contributed by atoms with Crippen LogP contribution in [0.25, 0.3) is 0 Å².